The van der Waals surface area contributed by atoms with Gasteiger partial charge in [0.2, 0.25) is 0 Å². The van der Waals surface area contributed by atoms with Gasteiger partial charge < -0.3 is 5.32 Å². The number of hydrogen-bond donors (Lipinski definition) is 1. The zero-order valence-electron chi connectivity index (χ0n) is 10.8. The van der Waals surface area contributed by atoms with Gasteiger partial charge in [0.25, 0.3) is 0 Å². The summed E-state index contributed by atoms with van der Waals surface area (Å²) >= 11 is 2.00. The molecule has 90 valence electrons. The summed E-state index contributed by atoms with van der Waals surface area (Å²) in [5.41, 5.74) is 4.29. The smallest absolute Gasteiger partial charge is 0.0414 e. The first kappa shape index (κ1) is 13.6. The van der Waals surface area contributed by atoms with Crippen LogP contribution in [0.4, 0.5) is 0 Å². The Hall–Kier alpha value is -0.470. The van der Waals surface area contributed by atoms with Crippen LogP contribution in [0.1, 0.15) is 36.6 Å². The lowest BCUT2D eigenvalue weighted by molar-refractivity contribution is 0.602. The molecule has 0 bridgehead atoms. The average molecular weight is 237 g/mol. The van der Waals surface area contributed by atoms with E-state index >= 15 is 0 Å². The Balaban J connectivity index is 2.86. The van der Waals surface area contributed by atoms with Crippen LogP contribution in [0.15, 0.2) is 18.2 Å². The second kappa shape index (κ2) is 6.97. The second-order valence-electron chi connectivity index (χ2n) is 4.06. The van der Waals surface area contributed by atoms with E-state index in [0.29, 0.717) is 6.04 Å². The monoisotopic (exact) mass is 237 g/mol. The van der Waals surface area contributed by atoms with E-state index < -0.39 is 0 Å². The summed E-state index contributed by atoms with van der Waals surface area (Å²) in [4.78, 5) is 0. The molecule has 1 nitrogen and oxygen atoms in total. The van der Waals surface area contributed by atoms with E-state index in [1.54, 1.807) is 0 Å². The van der Waals surface area contributed by atoms with Crippen molar-refractivity contribution in [1.82, 2.24) is 5.32 Å². The Kier molecular flexibility index (Phi) is 5.93. The van der Waals surface area contributed by atoms with Crippen LogP contribution in [0, 0.1) is 13.8 Å². The molecule has 0 aliphatic rings. The van der Waals surface area contributed by atoms with Crippen molar-refractivity contribution in [3.05, 3.63) is 34.9 Å². The topological polar surface area (TPSA) is 12.0 Å². The lowest BCUT2D eigenvalue weighted by Crippen LogP contribution is -2.24. The molecular weight excluding hydrogens is 214 g/mol. The largest absolute Gasteiger partial charge is 0.310 e. The standard InChI is InChI=1S/C14H23NS/c1-5-15-14(10-16-6-2)13-9-7-8-11(3)12(13)4/h7-9,14-15H,5-6,10H2,1-4H3. The highest BCUT2D eigenvalue weighted by molar-refractivity contribution is 7.99. The van der Waals surface area contributed by atoms with Crippen LogP contribution in [0.5, 0.6) is 0 Å². The van der Waals surface area contributed by atoms with Crippen molar-refractivity contribution in [3.63, 3.8) is 0 Å². The fraction of sp³-hybridized carbons (Fsp3) is 0.571. The van der Waals surface area contributed by atoms with Gasteiger partial charge in [-0.15, -0.1) is 0 Å². The summed E-state index contributed by atoms with van der Waals surface area (Å²) < 4.78 is 0. The van der Waals surface area contributed by atoms with E-state index in [4.69, 9.17) is 0 Å². The van der Waals surface area contributed by atoms with E-state index in [0.717, 1.165) is 12.3 Å². The molecule has 0 amide bonds. The molecule has 1 atom stereocenters. The van der Waals surface area contributed by atoms with Gasteiger partial charge in [0, 0.05) is 11.8 Å². The summed E-state index contributed by atoms with van der Waals surface area (Å²) in [6.07, 6.45) is 0. The van der Waals surface area contributed by atoms with Gasteiger partial charge in [0.1, 0.15) is 0 Å². The van der Waals surface area contributed by atoms with Gasteiger partial charge in [0.15, 0.2) is 0 Å². The van der Waals surface area contributed by atoms with Crippen LogP contribution in [-0.4, -0.2) is 18.1 Å². The Labute approximate surface area is 104 Å². The molecule has 0 aromatic heterocycles. The zero-order valence-corrected chi connectivity index (χ0v) is 11.7. The van der Waals surface area contributed by atoms with Gasteiger partial charge >= 0.3 is 0 Å². The van der Waals surface area contributed by atoms with Gasteiger partial charge in [-0.25, -0.2) is 0 Å². The van der Waals surface area contributed by atoms with Crippen molar-refractivity contribution in [3.8, 4) is 0 Å². The predicted octanol–water partition coefficient (Wildman–Crippen LogP) is 3.71. The van der Waals surface area contributed by atoms with Gasteiger partial charge in [-0.1, -0.05) is 32.0 Å². The molecule has 1 aromatic rings. The summed E-state index contributed by atoms with van der Waals surface area (Å²) in [7, 11) is 0. The molecule has 0 aliphatic heterocycles. The SMILES string of the molecule is CCNC(CSCC)c1cccc(C)c1C. The van der Waals surface area contributed by atoms with E-state index in [-0.39, 0.29) is 0 Å². The molecule has 0 fully saturated rings. The Morgan fingerprint density at radius 2 is 2.00 bits per heavy atom. The molecule has 1 N–H and O–H groups in total. The van der Waals surface area contributed by atoms with Crippen LogP contribution in [0.2, 0.25) is 0 Å². The van der Waals surface area contributed by atoms with Crippen molar-refractivity contribution in [1.29, 1.82) is 0 Å². The quantitative estimate of drug-likeness (QED) is 0.809. The Morgan fingerprint density at radius 3 is 2.62 bits per heavy atom. The van der Waals surface area contributed by atoms with E-state index in [9.17, 15) is 0 Å². The normalized spacial score (nSPS) is 12.8. The van der Waals surface area contributed by atoms with Gasteiger partial charge in [0.05, 0.1) is 0 Å². The summed E-state index contributed by atoms with van der Waals surface area (Å²) in [5, 5.41) is 3.58. The highest BCUT2D eigenvalue weighted by atomic mass is 32.2. The lowest BCUT2D eigenvalue weighted by atomic mass is 9.98. The highest BCUT2D eigenvalue weighted by Crippen LogP contribution is 2.23. The zero-order chi connectivity index (χ0) is 12.0. The minimum absolute atomic E-state index is 0.495. The third kappa shape index (κ3) is 3.53. The predicted molar refractivity (Wildman–Crippen MR) is 75.3 cm³/mol. The Bertz CT molecular complexity index is 323. The van der Waals surface area contributed by atoms with Crippen LogP contribution in [0.3, 0.4) is 0 Å². The molecule has 1 unspecified atom stereocenters. The molecular formula is C14H23NS. The summed E-state index contributed by atoms with van der Waals surface area (Å²) in [6.45, 7) is 9.84. The van der Waals surface area contributed by atoms with Crippen LogP contribution < -0.4 is 5.32 Å². The maximum atomic E-state index is 3.58. The number of hydrogen-bond acceptors (Lipinski definition) is 2. The first-order chi connectivity index (χ1) is 7.70. The van der Waals surface area contributed by atoms with Gasteiger partial charge in [-0.3, -0.25) is 0 Å². The summed E-state index contributed by atoms with van der Waals surface area (Å²) in [6, 6.07) is 7.11. The number of rotatable bonds is 6. The van der Waals surface area contributed by atoms with E-state index in [2.05, 4.69) is 51.2 Å². The van der Waals surface area contributed by atoms with Crippen LogP contribution >= 0.6 is 11.8 Å². The third-order valence-corrected chi connectivity index (χ3v) is 3.94. The first-order valence-electron chi connectivity index (χ1n) is 6.07. The molecule has 1 aromatic carbocycles. The fourth-order valence-corrected chi connectivity index (χ4v) is 2.66. The van der Waals surface area contributed by atoms with Crippen molar-refractivity contribution in [2.75, 3.05) is 18.1 Å². The third-order valence-electron chi connectivity index (χ3n) is 2.96. The van der Waals surface area contributed by atoms with E-state index in [1.807, 2.05) is 11.8 Å². The number of aryl methyl sites for hydroxylation is 1. The lowest BCUT2D eigenvalue weighted by Gasteiger charge is -2.20. The van der Waals surface area contributed by atoms with E-state index in [1.165, 1.54) is 22.4 Å². The van der Waals surface area contributed by atoms with Crippen molar-refractivity contribution in [2.45, 2.75) is 33.7 Å². The number of nitrogens with one attached hydrogen (secondary N) is 1. The van der Waals surface area contributed by atoms with Gasteiger partial charge in [-0.05, 0) is 42.8 Å². The number of thioether (sulfide) groups is 1. The molecule has 2 heteroatoms. The second-order valence-corrected chi connectivity index (χ2v) is 5.38. The Morgan fingerprint density at radius 1 is 1.25 bits per heavy atom. The van der Waals surface area contributed by atoms with Crippen LogP contribution in [-0.2, 0) is 0 Å². The molecule has 0 spiro atoms. The fourth-order valence-electron chi connectivity index (χ4n) is 1.89. The van der Waals surface area contributed by atoms with Crippen molar-refractivity contribution < 1.29 is 0 Å². The van der Waals surface area contributed by atoms with Gasteiger partial charge in [-0.2, -0.15) is 11.8 Å². The molecule has 0 aliphatic carbocycles. The average Bonchev–Trinajstić information content (AvgIpc) is 2.28. The maximum Gasteiger partial charge on any atom is 0.0414 e. The maximum absolute atomic E-state index is 3.58. The summed E-state index contributed by atoms with van der Waals surface area (Å²) in [5.74, 6) is 2.35. The minimum atomic E-state index is 0.495. The molecule has 0 saturated heterocycles. The molecule has 0 saturated carbocycles. The molecule has 16 heavy (non-hydrogen) atoms. The highest BCUT2D eigenvalue weighted by Gasteiger charge is 2.12. The molecule has 0 radical (unpaired) electrons. The molecule has 0 heterocycles. The van der Waals surface area contributed by atoms with Crippen molar-refractivity contribution in [2.24, 2.45) is 0 Å². The number of benzene rings is 1. The first-order valence-corrected chi connectivity index (χ1v) is 7.23. The molecule has 1 rings (SSSR count). The van der Waals surface area contributed by atoms with Crippen molar-refractivity contribution >= 4 is 11.8 Å². The minimum Gasteiger partial charge on any atom is -0.310 e. The van der Waals surface area contributed by atoms with Crippen LogP contribution in [0.25, 0.3) is 0 Å².